The summed E-state index contributed by atoms with van der Waals surface area (Å²) in [4.78, 5) is 14.6. The number of aromatic nitrogens is 2. The molecule has 0 fully saturated rings. The van der Waals surface area contributed by atoms with Crippen LogP contribution in [0, 0.1) is 0 Å². The van der Waals surface area contributed by atoms with Crippen LogP contribution in [-0.2, 0) is 6.54 Å². The first-order valence-corrected chi connectivity index (χ1v) is 18.1. The molecule has 6 heteroatoms. The summed E-state index contributed by atoms with van der Waals surface area (Å²) >= 11 is 1.74. The molecule has 0 aliphatic carbocycles. The van der Waals surface area contributed by atoms with Gasteiger partial charge in [-0.1, -0.05) is 127 Å². The van der Waals surface area contributed by atoms with Crippen molar-refractivity contribution in [2.45, 2.75) is 6.54 Å². The Bertz CT molecular complexity index is 2710. The Morgan fingerprint density at radius 3 is 1.94 bits per heavy atom. The number of benzene rings is 7. The van der Waals surface area contributed by atoms with Gasteiger partial charge >= 0.3 is 0 Å². The third-order valence-electron chi connectivity index (χ3n) is 9.37. The Morgan fingerprint density at radius 2 is 1.19 bits per heavy atom. The smallest absolute Gasteiger partial charge is 0.157 e. The van der Waals surface area contributed by atoms with Gasteiger partial charge in [0.15, 0.2) is 5.84 Å². The SMILES string of the molecule is NC(=NC(=NCc1ccc(-c2ccc(-n3c4ccccc4c4cc(-c5nc6ccccc6s5)ccc43)cc2)cc1)c1ccccc1)c1ccccc1. The van der Waals surface area contributed by atoms with Crippen molar-refractivity contribution in [2.24, 2.45) is 15.7 Å². The largest absolute Gasteiger partial charge is 0.383 e. The van der Waals surface area contributed by atoms with Crippen LogP contribution in [0.2, 0.25) is 0 Å². The molecule has 52 heavy (non-hydrogen) atoms. The molecule has 0 atom stereocenters. The Labute approximate surface area is 305 Å². The normalized spacial score (nSPS) is 12.2. The molecule has 7 aromatic carbocycles. The number of para-hydroxylation sites is 2. The van der Waals surface area contributed by atoms with Crippen molar-refractivity contribution >= 4 is 55.0 Å². The van der Waals surface area contributed by atoms with Gasteiger partial charge in [-0.3, -0.25) is 4.99 Å². The average molecular weight is 688 g/mol. The van der Waals surface area contributed by atoms with Gasteiger partial charge in [0.25, 0.3) is 0 Å². The first-order valence-electron chi connectivity index (χ1n) is 17.3. The van der Waals surface area contributed by atoms with Gasteiger partial charge in [0.2, 0.25) is 0 Å². The molecule has 0 amide bonds. The van der Waals surface area contributed by atoms with Crippen molar-refractivity contribution in [1.82, 2.24) is 9.55 Å². The van der Waals surface area contributed by atoms with Gasteiger partial charge in [0, 0.05) is 33.2 Å². The number of nitrogens with two attached hydrogens (primary N) is 1. The fourth-order valence-corrected chi connectivity index (χ4v) is 7.68. The van der Waals surface area contributed by atoms with Crippen LogP contribution in [-0.4, -0.2) is 21.2 Å². The number of aliphatic imine (C=N–C) groups is 2. The van der Waals surface area contributed by atoms with Crippen molar-refractivity contribution in [3.63, 3.8) is 0 Å². The van der Waals surface area contributed by atoms with E-state index < -0.39 is 0 Å². The minimum atomic E-state index is 0.442. The summed E-state index contributed by atoms with van der Waals surface area (Å²) in [6.45, 7) is 0.490. The van der Waals surface area contributed by atoms with E-state index in [1.54, 1.807) is 11.3 Å². The summed E-state index contributed by atoms with van der Waals surface area (Å²) in [5.74, 6) is 1.05. The highest BCUT2D eigenvalue weighted by Crippen LogP contribution is 2.37. The number of hydrogen-bond acceptors (Lipinski definition) is 3. The molecule has 0 saturated heterocycles. The van der Waals surface area contributed by atoms with Gasteiger partial charge in [-0.25, -0.2) is 9.98 Å². The fourth-order valence-electron chi connectivity index (χ4n) is 6.72. The summed E-state index contributed by atoms with van der Waals surface area (Å²) in [5.41, 5.74) is 17.2. The van der Waals surface area contributed by atoms with Gasteiger partial charge in [0.05, 0.1) is 27.8 Å². The first-order chi connectivity index (χ1) is 25.7. The highest BCUT2D eigenvalue weighted by Gasteiger charge is 2.15. The fraction of sp³-hybridized carbons (Fsp3) is 0.0217. The van der Waals surface area contributed by atoms with Crippen LogP contribution in [0.1, 0.15) is 16.7 Å². The number of amidine groups is 2. The summed E-state index contributed by atoms with van der Waals surface area (Å²) < 4.78 is 3.56. The molecule has 0 aliphatic heterocycles. The number of fused-ring (bicyclic) bond motifs is 4. The molecule has 0 bridgehead atoms. The van der Waals surface area contributed by atoms with E-state index in [1.807, 2.05) is 66.7 Å². The highest BCUT2D eigenvalue weighted by atomic mass is 32.1. The highest BCUT2D eigenvalue weighted by molar-refractivity contribution is 7.21. The molecule has 2 aromatic heterocycles. The van der Waals surface area contributed by atoms with Crippen molar-refractivity contribution in [2.75, 3.05) is 0 Å². The van der Waals surface area contributed by atoms with Crippen LogP contribution < -0.4 is 5.73 Å². The average Bonchev–Trinajstić information content (AvgIpc) is 3.80. The van der Waals surface area contributed by atoms with Crippen molar-refractivity contribution in [1.29, 1.82) is 0 Å². The molecule has 0 aliphatic rings. The quantitative estimate of drug-likeness (QED) is 0.134. The van der Waals surface area contributed by atoms with Gasteiger partial charge in [-0.05, 0) is 65.2 Å². The zero-order chi connectivity index (χ0) is 34.9. The van der Waals surface area contributed by atoms with Crippen LogP contribution in [0.15, 0.2) is 186 Å². The maximum absolute atomic E-state index is 6.39. The summed E-state index contributed by atoms with van der Waals surface area (Å²) in [5, 5.41) is 3.49. The summed E-state index contributed by atoms with van der Waals surface area (Å²) in [6, 6.07) is 60.9. The van der Waals surface area contributed by atoms with E-state index in [1.165, 1.54) is 26.5 Å². The molecule has 2 heterocycles. The molecule has 9 aromatic rings. The molecule has 0 saturated carbocycles. The predicted molar refractivity (Wildman–Crippen MR) is 219 cm³/mol. The van der Waals surface area contributed by atoms with Crippen LogP contribution in [0.3, 0.4) is 0 Å². The topological polar surface area (TPSA) is 68.6 Å². The molecule has 0 unspecified atom stereocenters. The zero-order valence-electron chi connectivity index (χ0n) is 28.2. The Morgan fingerprint density at radius 1 is 0.577 bits per heavy atom. The molecular weight excluding hydrogens is 655 g/mol. The lowest BCUT2D eigenvalue weighted by atomic mass is 10.0. The van der Waals surface area contributed by atoms with Gasteiger partial charge in [-0.15, -0.1) is 11.3 Å². The summed E-state index contributed by atoms with van der Waals surface area (Å²) in [6.07, 6.45) is 0. The minimum Gasteiger partial charge on any atom is -0.383 e. The third kappa shape index (κ3) is 6.06. The Hall–Kier alpha value is -6.63. The minimum absolute atomic E-state index is 0.442. The molecular formula is C46H33N5S. The Balaban J connectivity index is 0.989. The molecule has 0 spiro atoms. The van der Waals surface area contributed by atoms with E-state index in [9.17, 15) is 0 Å². The van der Waals surface area contributed by atoms with Gasteiger partial charge < -0.3 is 10.3 Å². The summed E-state index contributed by atoms with van der Waals surface area (Å²) in [7, 11) is 0. The second-order valence-electron chi connectivity index (χ2n) is 12.7. The van der Waals surface area contributed by atoms with Crippen molar-refractivity contribution < 1.29 is 0 Å². The van der Waals surface area contributed by atoms with E-state index in [0.29, 0.717) is 18.2 Å². The van der Waals surface area contributed by atoms with Gasteiger partial charge in [0.1, 0.15) is 10.8 Å². The zero-order valence-corrected chi connectivity index (χ0v) is 29.0. The van der Waals surface area contributed by atoms with Crippen molar-refractivity contribution in [3.05, 3.63) is 193 Å². The van der Waals surface area contributed by atoms with Crippen LogP contribution in [0.25, 0.3) is 59.4 Å². The maximum atomic E-state index is 6.39. The van der Waals surface area contributed by atoms with E-state index >= 15 is 0 Å². The molecule has 0 radical (unpaired) electrons. The van der Waals surface area contributed by atoms with Crippen LogP contribution in [0.5, 0.6) is 0 Å². The number of rotatable bonds is 7. The monoisotopic (exact) mass is 687 g/mol. The lowest BCUT2D eigenvalue weighted by Crippen LogP contribution is -2.16. The standard InChI is InChI=1S/C46H33N5S/c47-44(34-11-3-1-4-12-34)50-45(35-13-5-2-6-14-35)48-30-31-19-21-32(22-20-31)33-23-26-37(27-24-33)51-41-17-9-7-15-38(41)39-29-36(25-28-42(39)51)46-49-40-16-8-10-18-43(40)52-46/h1-29H,30H2,(H2,47,48,50). The lowest BCUT2D eigenvalue weighted by molar-refractivity contribution is 1.06. The second-order valence-corrected chi connectivity index (χ2v) is 13.7. The number of thiazole rings is 1. The molecule has 248 valence electrons. The molecule has 9 rings (SSSR count). The number of nitrogens with zero attached hydrogens (tertiary/aromatic N) is 4. The second kappa shape index (κ2) is 13.6. The van der Waals surface area contributed by atoms with Crippen LogP contribution >= 0.6 is 11.3 Å². The predicted octanol–water partition coefficient (Wildman–Crippen LogP) is 11.1. The Kier molecular flexibility index (Phi) is 8.19. The third-order valence-corrected chi connectivity index (χ3v) is 10.5. The van der Waals surface area contributed by atoms with E-state index in [0.717, 1.165) is 49.6 Å². The van der Waals surface area contributed by atoms with Gasteiger partial charge in [-0.2, -0.15) is 0 Å². The maximum Gasteiger partial charge on any atom is 0.157 e. The van der Waals surface area contributed by atoms with Crippen molar-refractivity contribution in [3.8, 4) is 27.4 Å². The molecule has 5 nitrogen and oxygen atoms in total. The first kappa shape index (κ1) is 31.4. The number of hydrogen-bond donors (Lipinski definition) is 1. The lowest BCUT2D eigenvalue weighted by Gasteiger charge is -2.10. The van der Waals surface area contributed by atoms with E-state index in [4.69, 9.17) is 20.7 Å². The van der Waals surface area contributed by atoms with Crippen LogP contribution in [0.4, 0.5) is 0 Å². The molecule has 2 N–H and O–H groups in total. The van der Waals surface area contributed by atoms with E-state index in [2.05, 4.69) is 114 Å². The van der Waals surface area contributed by atoms with E-state index in [-0.39, 0.29) is 0 Å².